The number of ether oxygens (including phenoxy) is 1. The molecule has 0 aromatic carbocycles. The van der Waals surface area contributed by atoms with E-state index in [0.29, 0.717) is 0 Å². The summed E-state index contributed by atoms with van der Waals surface area (Å²) in [6.45, 7) is 5.29. The number of rotatable bonds is 2. The molecule has 23 heavy (non-hydrogen) atoms. The van der Waals surface area contributed by atoms with Gasteiger partial charge in [-0.2, -0.15) is 0 Å². The number of methoxy groups -OCH3 is 1. The molecule has 0 aromatic rings. The number of amides is 4. The zero-order valence-corrected chi connectivity index (χ0v) is 13.6. The van der Waals surface area contributed by atoms with Crippen molar-refractivity contribution in [2.75, 3.05) is 13.7 Å². The Morgan fingerprint density at radius 2 is 2.00 bits per heavy atom. The SMILES string of the molecule is COC(=O)C1CC2(CN1C(=O)C(N)C(C)(C)C)NC(=O)NC2=O. The maximum Gasteiger partial charge on any atom is 0.328 e. The lowest BCUT2D eigenvalue weighted by Gasteiger charge is -2.32. The fraction of sp³-hybridized carbons (Fsp3) is 0.714. The van der Waals surface area contributed by atoms with Crippen molar-refractivity contribution in [3.05, 3.63) is 0 Å². The number of carbonyl (C=O) groups is 4. The lowest BCUT2D eigenvalue weighted by Crippen LogP contribution is -2.55. The summed E-state index contributed by atoms with van der Waals surface area (Å²) < 4.78 is 4.73. The Morgan fingerprint density at radius 3 is 2.43 bits per heavy atom. The van der Waals surface area contributed by atoms with Crippen LogP contribution in [-0.2, 0) is 19.1 Å². The molecule has 3 atom stereocenters. The number of nitrogens with two attached hydrogens (primary N) is 1. The maximum absolute atomic E-state index is 12.7. The molecule has 2 fully saturated rings. The van der Waals surface area contributed by atoms with E-state index in [4.69, 9.17) is 10.5 Å². The van der Waals surface area contributed by atoms with Gasteiger partial charge in [-0.15, -0.1) is 0 Å². The zero-order chi connectivity index (χ0) is 17.6. The molecular weight excluding hydrogens is 304 g/mol. The van der Waals surface area contributed by atoms with E-state index in [0.717, 1.165) is 0 Å². The van der Waals surface area contributed by atoms with Crippen LogP contribution in [0.2, 0.25) is 0 Å². The van der Waals surface area contributed by atoms with Crippen LogP contribution in [0.5, 0.6) is 0 Å². The smallest absolute Gasteiger partial charge is 0.328 e. The Morgan fingerprint density at radius 1 is 1.39 bits per heavy atom. The molecule has 9 nitrogen and oxygen atoms in total. The van der Waals surface area contributed by atoms with Gasteiger partial charge in [0.25, 0.3) is 5.91 Å². The molecule has 0 saturated carbocycles. The van der Waals surface area contributed by atoms with E-state index in [1.807, 2.05) is 0 Å². The van der Waals surface area contributed by atoms with Crippen LogP contribution in [0.1, 0.15) is 27.2 Å². The van der Waals surface area contributed by atoms with Crippen molar-refractivity contribution in [1.82, 2.24) is 15.5 Å². The largest absolute Gasteiger partial charge is 0.467 e. The van der Waals surface area contributed by atoms with E-state index in [1.165, 1.54) is 12.0 Å². The summed E-state index contributed by atoms with van der Waals surface area (Å²) in [6, 6.07) is -2.47. The van der Waals surface area contributed by atoms with Gasteiger partial charge >= 0.3 is 12.0 Å². The number of hydrogen-bond acceptors (Lipinski definition) is 6. The monoisotopic (exact) mass is 326 g/mol. The van der Waals surface area contributed by atoms with Gasteiger partial charge in [0.15, 0.2) is 0 Å². The van der Waals surface area contributed by atoms with Gasteiger partial charge in [0.2, 0.25) is 5.91 Å². The topological polar surface area (TPSA) is 131 Å². The number of esters is 1. The Balaban J connectivity index is 2.33. The van der Waals surface area contributed by atoms with Gasteiger partial charge in [-0.3, -0.25) is 14.9 Å². The van der Waals surface area contributed by atoms with E-state index in [-0.39, 0.29) is 13.0 Å². The highest BCUT2D eigenvalue weighted by Gasteiger charge is 2.58. The molecule has 9 heteroatoms. The molecule has 0 aliphatic carbocycles. The predicted molar refractivity (Wildman–Crippen MR) is 79.0 cm³/mol. The summed E-state index contributed by atoms with van der Waals surface area (Å²) in [6.07, 6.45) is -0.0418. The van der Waals surface area contributed by atoms with E-state index in [2.05, 4.69) is 10.6 Å². The molecule has 4 N–H and O–H groups in total. The van der Waals surface area contributed by atoms with Crippen molar-refractivity contribution in [2.45, 2.75) is 44.8 Å². The minimum Gasteiger partial charge on any atom is -0.467 e. The minimum absolute atomic E-state index is 0.0418. The second-order valence-electron chi connectivity index (χ2n) is 7.04. The number of likely N-dealkylation sites (tertiary alicyclic amines) is 1. The molecule has 1 spiro atoms. The van der Waals surface area contributed by atoms with Crippen LogP contribution in [0.25, 0.3) is 0 Å². The number of imide groups is 1. The molecule has 2 rings (SSSR count). The molecule has 2 aliphatic heterocycles. The molecule has 0 aromatic heterocycles. The third kappa shape index (κ3) is 2.88. The fourth-order valence-electron chi connectivity index (χ4n) is 2.82. The van der Waals surface area contributed by atoms with Gasteiger partial charge in [-0.25, -0.2) is 9.59 Å². The molecule has 4 amide bonds. The van der Waals surface area contributed by atoms with E-state index in [9.17, 15) is 19.2 Å². The summed E-state index contributed by atoms with van der Waals surface area (Å²) in [5.74, 6) is -1.67. The molecule has 2 heterocycles. The quantitative estimate of drug-likeness (QED) is 0.427. The highest BCUT2D eigenvalue weighted by molar-refractivity contribution is 6.08. The van der Waals surface area contributed by atoms with Crippen LogP contribution >= 0.6 is 0 Å². The molecule has 0 radical (unpaired) electrons. The van der Waals surface area contributed by atoms with Crippen LogP contribution in [0, 0.1) is 5.41 Å². The molecule has 128 valence electrons. The number of carbonyl (C=O) groups excluding carboxylic acids is 4. The average Bonchev–Trinajstić information content (AvgIpc) is 2.96. The first-order valence-corrected chi connectivity index (χ1v) is 7.29. The van der Waals surface area contributed by atoms with Crippen molar-refractivity contribution in [2.24, 2.45) is 11.1 Å². The van der Waals surface area contributed by atoms with Crippen LogP contribution in [0.15, 0.2) is 0 Å². The number of urea groups is 1. The van der Waals surface area contributed by atoms with Crippen LogP contribution in [0.4, 0.5) is 4.79 Å². The molecule has 2 aliphatic rings. The summed E-state index contributed by atoms with van der Waals surface area (Å²) in [5, 5.41) is 4.64. The van der Waals surface area contributed by atoms with E-state index >= 15 is 0 Å². The van der Waals surface area contributed by atoms with Gasteiger partial charge in [0.1, 0.15) is 11.6 Å². The van der Waals surface area contributed by atoms with Crippen LogP contribution < -0.4 is 16.4 Å². The zero-order valence-electron chi connectivity index (χ0n) is 13.6. The van der Waals surface area contributed by atoms with Crippen molar-refractivity contribution in [3.8, 4) is 0 Å². The van der Waals surface area contributed by atoms with Crippen LogP contribution in [-0.4, -0.2) is 60.0 Å². The Kier molecular flexibility index (Phi) is 4.10. The average molecular weight is 326 g/mol. The second-order valence-corrected chi connectivity index (χ2v) is 7.04. The Bertz CT molecular complexity index is 570. The summed E-state index contributed by atoms with van der Waals surface area (Å²) in [7, 11) is 1.20. The van der Waals surface area contributed by atoms with Crippen LogP contribution in [0.3, 0.4) is 0 Å². The van der Waals surface area contributed by atoms with Gasteiger partial charge in [0.05, 0.1) is 19.7 Å². The van der Waals surface area contributed by atoms with E-state index < -0.39 is 46.9 Å². The number of hydrogen-bond donors (Lipinski definition) is 3. The number of nitrogens with one attached hydrogen (secondary N) is 2. The lowest BCUT2D eigenvalue weighted by atomic mass is 9.86. The van der Waals surface area contributed by atoms with Gasteiger partial charge in [0, 0.05) is 6.42 Å². The normalized spacial score (nSPS) is 28.6. The molecule has 2 saturated heterocycles. The predicted octanol–water partition coefficient (Wildman–Crippen LogP) is -1.29. The first-order valence-electron chi connectivity index (χ1n) is 7.29. The summed E-state index contributed by atoms with van der Waals surface area (Å²) in [4.78, 5) is 49.5. The Hall–Kier alpha value is -2.16. The second kappa shape index (κ2) is 5.48. The minimum atomic E-state index is -1.32. The van der Waals surface area contributed by atoms with Gasteiger partial charge in [-0.05, 0) is 5.41 Å². The Labute approximate surface area is 133 Å². The highest BCUT2D eigenvalue weighted by Crippen LogP contribution is 2.32. The van der Waals surface area contributed by atoms with Gasteiger partial charge < -0.3 is 20.7 Å². The third-order valence-electron chi connectivity index (χ3n) is 4.33. The fourth-order valence-corrected chi connectivity index (χ4v) is 2.82. The van der Waals surface area contributed by atoms with Crippen molar-refractivity contribution >= 4 is 23.8 Å². The van der Waals surface area contributed by atoms with Crippen molar-refractivity contribution in [1.29, 1.82) is 0 Å². The first-order chi connectivity index (χ1) is 10.5. The third-order valence-corrected chi connectivity index (χ3v) is 4.33. The van der Waals surface area contributed by atoms with Crippen molar-refractivity contribution < 1.29 is 23.9 Å². The summed E-state index contributed by atoms with van der Waals surface area (Å²) >= 11 is 0. The molecular formula is C14H22N4O5. The molecule has 3 unspecified atom stereocenters. The molecule has 0 bridgehead atoms. The maximum atomic E-state index is 12.7. The standard InChI is InChI=1S/C14H22N4O5/c1-13(2,3)8(15)9(19)18-6-14(5-7(18)10(20)23-4)11(21)16-12(22)17-14/h7-8H,5-6,15H2,1-4H3,(H2,16,17,21,22). The van der Waals surface area contributed by atoms with Gasteiger partial charge in [-0.1, -0.05) is 20.8 Å². The number of nitrogens with zero attached hydrogens (tertiary/aromatic N) is 1. The van der Waals surface area contributed by atoms with Crippen molar-refractivity contribution in [3.63, 3.8) is 0 Å². The highest BCUT2D eigenvalue weighted by atomic mass is 16.5. The summed E-state index contributed by atoms with van der Waals surface area (Å²) in [5.41, 5.74) is 4.16. The first kappa shape index (κ1) is 17.2. The lowest BCUT2D eigenvalue weighted by molar-refractivity contribution is -0.152. The van der Waals surface area contributed by atoms with E-state index in [1.54, 1.807) is 20.8 Å².